The molecule has 1 N–H and O–H groups in total. The van der Waals surface area contributed by atoms with Crippen molar-refractivity contribution in [2.24, 2.45) is 5.92 Å². The van der Waals surface area contributed by atoms with Crippen molar-refractivity contribution in [2.75, 3.05) is 19.8 Å². The van der Waals surface area contributed by atoms with Gasteiger partial charge in [0.25, 0.3) is 0 Å². The lowest BCUT2D eigenvalue weighted by molar-refractivity contribution is 0.0953. The first-order chi connectivity index (χ1) is 9.79. The Morgan fingerprint density at radius 2 is 2.25 bits per heavy atom. The lowest BCUT2D eigenvalue weighted by atomic mass is 9.87. The summed E-state index contributed by atoms with van der Waals surface area (Å²) < 4.78 is 11.4. The van der Waals surface area contributed by atoms with Crippen LogP contribution < -0.4 is 10.1 Å². The highest BCUT2D eigenvalue weighted by Crippen LogP contribution is 2.36. The number of hydrogen-bond acceptors (Lipinski definition) is 3. The van der Waals surface area contributed by atoms with E-state index in [1.807, 2.05) is 0 Å². The molecule has 0 bridgehead atoms. The van der Waals surface area contributed by atoms with Crippen LogP contribution in [-0.2, 0) is 11.2 Å². The summed E-state index contributed by atoms with van der Waals surface area (Å²) in [5.74, 6) is 1.64. The molecule has 1 fully saturated rings. The van der Waals surface area contributed by atoms with E-state index in [4.69, 9.17) is 9.47 Å². The Morgan fingerprint density at radius 1 is 1.35 bits per heavy atom. The van der Waals surface area contributed by atoms with Crippen LogP contribution in [0.15, 0.2) is 18.2 Å². The molecule has 1 aromatic carbocycles. The third-order valence-corrected chi connectivity index (χ3v) is 4.55. The molecule has 0 spiro atoms. The Labute approximate surface area is 121 Å². The maximum atomic E-state index is 5.78. The number of hydrogen-bond donors (Lipinski definition) is 1. The molecule has 3 rings (SSSR count). The molecule has 20 heavy (non-hydrogen) atoms. The molecule has 0 amide bonds. The van der Waals surface area contributed by atoms with Gasteiger partial charge in [0, 0.05) is 25.0 Å². The molecule has 1 aromatic rings. The van der Waals surface area contributed by atoms with Gasteiger partial charge in [0.05, 0.1) is 12.7 Å². The van der Waals surface area contributed by atoms with Crippen LogP contribution in [0.5, 0.6) is 5.75 Å². The summed E-state index contributed by atoms with van der Waals surface area (Å²) in [6, 6.07) is 7.10. The first kappa shape index (κ1) is 13.9. The number of fused-ring (bicyclic) bond motifs is 1. The van der Waals surface area contributed by atoms with E-state index >= 15 is 0 Å². The van der Waals surface area contributed by atoms with Crippen LogP contribution in [0.3, 0.4) is 0 Å². The van der Waals surface area contributed by atoms with E-state index < -0.39 is 0 Å². The summed E-state index contributed by atoms with van der Waals surface area (Å²) in [5.41, 5.74) is 2.75. The summed E-state index contributed by atoms with van der Waals surface area (Å²) in [7, 11) is 0. The minimum absolute atomic E-state index is 0.342. The lowest BCUT2D eigenvalue weighted by Gasteiger charge is -2.27. The van der Waals surface area contributed by atoms with Crippen molar-refractivity contribution in [1.82, 2.24) is 5.32 Å². The number of nitrogens with one attached hydrogen (secondary N) is 1. The zero-order valence-electron chi connectivity index (χ0n) is 12.5. The van der Waals surface area contributed by atoms with Crippen molar-refractivity contribution in [3.63, 3.8) is 0 Å². The molecular weight excluding hydrogens is 250 g/mol. The fraction of sp³-hybridized carbons (Fsp3) is 0.647. The van der Waals surface area contributed by atoms with Crippen LogP contribution in [0.4, 0.5) is 0 Å². The second-order valence-electron chi connectivity index (χ2n) is 5.93. The van der Waals surface area contributed by atoms with Gasteiger partial charge in [0.15, 0.2) is 0 Å². The molecule has 2 aliphatic heterocycles. The zero-order valence-corrected chi connectivity index (χ0v) is 12.5. The SMILES string of the molecule is CCCNC(c1ccc2c(c1)CCO2)C1CCOC1C. The van der Waals surface area contributed by atoms with Gasteiger partial charge < -0.3 is 14.8 Å². The number of rotatable bonds is 5. The van der Waals surface area contributed by atoms with Crippen LogP contribution >= 0.6 is 0 Å². The molecular formula is C17H25NO2. The number of benzene rings is 1. The molecule has 0 aromatic heterocycles. The standard InChI is InChI=1S/C17H25NO2/c1-3-8-18-17(15-7-10-19-12(15)2)14-4-5-16-13(11-14)6-9-20-16/h4-5,11-12,15,17-18H,3,6-10H2,1-2H3. The van der Waals surface area contributed by atoms with Gasteiger partial charge in [-0.2, -0.15) is 0 Å². The van der Waals surface area contributed by atoms with Gasteiger partial charge in [-0.3, -0.25) is 0 Å². The van der Waals surface area contributed by atoms with E-state index in [9.17, 15) is 0 Å². The third-order valence-electron chi connectivity index (χ3n) is 4.55. The molecule has 2 aliphatic rings. The Bertz CT molecular complexity index is 460. The normalized spacial score (nSPS) is 26.3. The van der Waals surface area contributed by atoms with Crippen molar-refractivity contribution >= 4 is 0 Å². The molecule has 2 heterocycles. The van der Waals surface area contributed by atoms with E-state index in [0.717, 1.165) is 44.8 Å². The van der Waals surface area contributed by atoms with E-state index in [2.05, 4.69) is 37.4 Å². The molecule has 3 unspecified atom stereocenters. The summed E-state index contributed by atoms with van der Waals surface area (Å²) in [5, 5.41) is 3.73. The molecule has 3 heteroatoms. The van der Waals surface area contributed by atoms with E-state index in [1.54, 1.807) is 0 Å². The van der Waals surface area contributed by atoms with E-state index in [-0.39, 0.29) is 0 Å². The molecule has 3 nitrogen and oxygen atoms in total. The van der Waals surface area contributed by atoms with Crippen molar-refractivity contribution in [2.45, 2.75) is 45.3 Å². The minimum Gasteiger partial charge on any atom is -0.493 e. The third kappa shape index (κ3) is 2.70. The van der Waals surface area contributed by atoms with Gasteiger partial charge in [-0.15, -0.1) is 0 Å². The predicted molar refractivity (Wildman–Crippen MR) is 80.2 cm³/mol. The second kappa shape index (κ2) is 6.15. The first-order valence-corrected chi connectivity index (χ1v) is 7.90. The Morgan fingerprint density at radius 3 is 3.00 bits per heavy atom. The summed E-state index contributed by atoms with van der Waals surface area (Å²) in [6.45, 7) is 7.20. The minimum atomic E-state index is 0.342. The second-order valence-corrected chi connectivity index (χ2v) is 5.93. The largest absolute Gasteiger partial charge is 0.493 e. The summed E-state index contributed by atoms with van der Waals surface area (Å²) >= 11 is 0. The average Bonchev–Trinajstić information content (AvgIpc) is 3.08. The van der Waals surface area contributed by atoms with Gasteiger partial charge in [0.2, 0.25) is 0 Å². The quantitative estimate of drug-likeness (QED) is 0.895. The first-order valence-electron chi connectivity index (χ1n) is 7.90. The van der Waals surface area contributed by atoms with Crippen molar-refractivity contribution in [1.29, 1.82) is 0 Å². The van der Waals surface area contributed by atoms with Crippen molar-refractivity contribution < 1.29 is 9.47 Å². The maximum absolute atomic E-state index is 5.78. The highest BCUT2D eigenvalue weighted by Gasteiger charge is 2.33. The van der Waals surface area contributed by atoms with Gasteiger partial charge in [0.1, 0.15) is 5.75 Å². The topological polar surface area (TPSA) is 30.5 Å². The van der Waals surface area contributed by atoms with Crippen LogP contribution in [0.25, 0.3) is 0 Å². The van der Waals surface area contributed by atoms with Crippen molar-refractivity contribution in [3.05, 3.63) is 29.3 Å². The summed E-state index contributed by atoms with van der Waals surface area (Å²) in [6.07, 6.45) is 3.69. The summed E-state index contributed by atoms with van der Waals surface area (Å²) in [4.78, 5) is 0. The van der Waals surface area contributed by atoms with Crippen LogP contribution in [-0.4, -0.2) is 25.9 Å². The van der Waals surface area contributed by atoms with Crippen molar-refractivity contribution in [3.8, 4) is 5.75 Å². The molecule has 0 aliphatic carbocycles. The van der Waals surface area contributed by atoms with Gasteiger partial charge in [-0.25, -0.2) is 0 Å². The molecule has 1 saturated heterocycles. The monoisotopic (exact) mass is 275 g/mol. The molecule has 3 atom stereocenters. The fourth-order valence-corrected chi connectivity index (χ4v) is 3.40. The van der Waals surface area contributed by atoms with E-state index in [0.29, 0.717) is 18.1 Å². The van der Waals surface area contributed by atoms with Gasteiger partial charge in [-0.05, 0) is 43.5 Å². The fourth-order valence-electron chi connectivity index (χ4n) is 3.40. The Hall–Kier alpha value is -1.06. The van der Waals surface area contributed by atoms with Crippen LogP contribution in [0.2, 0.25) is 0 Å². The van der Waals surface area contributed by atoms with E-state index in [1.165, 1.54) is 11.1 Å². The average molecular weight is 275 g/mol. The van der Waals surface area contributed by atoms with Gasteiger partial charge in [-0.1, -0.05) is 19.1 Å². The molecule has 0 radical (unpaired) electrons. The lowest BCUT2D eigenvalue weighted by Crippen LogP contribution is -2.32. The molecule has 110 valence electrons. The highest BCUT2D eigenvalue weighted by atomic mass is 16.5. The van der Waals surface area contributed by atoms with Crippen LogP contribution in [0.1, 0.15) is 43.9 Å². The van der Waals surface area contributed by atoms with Gasteiger partial charge >= 0.3 is 0 Å². The number of ether oxygens (including phenoxy) is 2. The Kier molecular flexibility index (Phi) is 4.27. The predicted octanol–water partition coefficient (Wildman–Crippen LogP) is 3.09. The zero-order chi connectivity index (χ0) is 13.9. The Balaban J connectivity index is 1.84. The molecule has 0 saturated carbocycles. The maximum Gasteiger partial charge on any atom is 0.122 e. The smallest absolute Gasteiger partial charge is 0.122 e. The van der Waals surface area contributed by atoms with Crippen LogP contribution in [0, 0.1) is 5.92 Å². The highest BCUT2D eigenvalue weighted by molar-refractivity contribution is 5.41.